The number of aromatic nitrogens is 1. The van der Waals surface area contributed by atoms with Gasteiger partial charge in [0.05, 0.1) is 0 Å². The van der Waals surface area contributed by atoms with Gasteiger partial charge in [-0.25, -0.2) is 4.98 Å². The monoisotopic (exact) mass is 236 g/mol. The Hall–Kier alpha value is -1.29. The van der Waals surface area contributed by atoms with Crippen LogP contribution in [0.25, 0.3) is 0 Å². The molecule has 1 rings (SSSR count). The van der Waals surface area contributed by atoms with Crippen molar-refractivity contribution >= 4 is 11.6 Å². The molecule has 0 radical (unpaired) electrons. The maximum Gasteiger partial charge on any atom is 0.128 e. The van der Waals surface area contributed by atoms with Crippen molar-refractivity contribution in [2.45, 2.75) is 26.3 Å². The van der Waals surface area contributed by atoms with Crippen molar-refractivity contribution in [1.82, 2.24) is 9.88 Å². The molecule has 4 heteroatoms. The fraction of sp³-hybridized carbons (Fsp3) is 0.615. The van der Waals surface area contributed by atoms with E-state index in [4.69, 9.17) is 0 Å². The highest BCUT2D eigenvalue weighted by molar-refractivity contribution is 5.44. The van der Waals surface area contributed by atoms with Gasteiger partial charge in [0.25, 0.3) is 0 Å². The van der Waals surface area contributed by atoms with E-state index < -0.39 is 0 Å². The highest BCUT2D eigenvalue weighted by atomic mass is 15.1. The zero-order valence-corrected chi connectivity index (χ0v) is 11.3. The third kappa shape index (κ3) is 4.61. The van der Waals surface area contributed by atoms with Gasteiger partial charge < -0.3 is 15.5 Å². The topological polar surface area (TPSA) is 40.2 Å². The Labute approximate surface area is 104 Å². The Morgan fingerprint density at radius 3 is 2.71 bits per heavy atom. The van der Waals surface area contributed by atoms with Crippen LogP contribution in [0.3, 0.4) is 0 Å². The van der Waals surface area contributed by atoms with Gasteiger partial charge in [-0.1, -0.05) is 13.0 Å². The molecule has 17 heavy (non-hydrogen) atoms. The van der Waals surface area contributed by atoms with E-state index in [1.807, 2.05) is 25.2 Å². The minimum atomic E-state index is 0.633. The number of nitrogens with zero attached hydrogens (tertiary/aromatic N) is 2. The molecule has 0 spiro atoms. The zero-order chi connectivity index (χ0) is 12.7. The molecule has 1 aromatic rings. The molecule has 1 atom stereocenters. The Kier molecular flexibility index (Phi) is 5.77. The summed E-state index contributed by atoms with van der Waals surface area (Å²) >= 11 is 0. The van der Waals surface area contributed by atoms with Crippen LogP contribution in [0, 0.1) is 0 Å². The Bertz CT molecular complexity index is 327. The zero-order valence-electron chi connectivity index (χ0n) is 11.3. The molecular formula is C13H24N4. The van der Waals surface area contributed by atoms with Gasteiger partial charge in [-0.2, -0.15) is 0 Å². The lowest BCUT2D eigenvalue weighted by atomic mass is 10.2. The van der Waals surface area contributed by atoms with E-state index in [0.29, 0.717) is 6.04 Å². The summed E-state index contributed by atoms with van der Waals surface area (Å²) in [6, 6.07) is 6.58. The molecule has 0 bridgehead atoms. The van der Waals surface area contributed by atoms with Crippen LogP contribution in [-0.2, 0) is 0 Å². The summed E-state index contributed by atoms with van der Waals surface area (Å²) in [7, 11) is 4.04. The number of anilines is 2. The van der Waals surface area contributed by atoms with Crippen LogP contribution >= 0.6 is 0 Å². The highest BCUT2D eigenvalue weighted by Crippen LogP contribution is 2.08. The quantitative estimate of drug-likeness (QED) is 0.762. The summed E-state index contributed by atoms with van der Waals surface area (Å²) in [5.74, 6) is 1.82. The van der Waals surface area contributed by atoms with E-state index in [-0.39, 0.29) is 0 Å². The molecule has 0 fully saturated rings. The van der Waals surface area contributed by atoms with E-state index in [1.165, 1.54) is 6.42 Å². The maximum absolute atomic E-state index is 4.41. The van der Waals surface area contributed by atoms with Gasteiger partial charge in [-0.3, -0.25) is 0 Å². The SMILES string of the molecule is CCC(C)N(C)CCNc1cccc(NC)n1. The van der Waals surface area contributed by atoms with E-state index in [1.54, 1.807) is 0 Å². The summed E-state index contributed by atoms with van der Waals surface area (Å²) in [4.78, 5) is 6.77. The van der Waals surface area contributed by atoms with Gasteiger partial charge in [-0.05, 0) is 32.5 Å². The normalized spacial score (nSPS) is 12.5. The molecule has 0 aromatic carbocycles. The summed E-state index contributed by atoms with van der Waals surface area (Å²) in [5, 5.41) is 6.37. The fourth-order valence-electron chi connectivity index (χ4n) is 1.56. The first-order valence-corrected chi connectivity index (χ1v) is 6.26. The van der Waals surface area contributed by atoms with Crippen molar-refractivity contribution in [1.29, 1.82) is 0 Å². The highest BCUT2D eigenvalue weighted by Gasteiger charge is 2.05. The van der Waals surface area contributed by atoms with E-state index in [9.17, 15) is 0 Å². The summed E-state index contributed by atoms with van der Waals surface area (Å²) in [6.07, 6.45) is 1.18. The molecule has 0 amide bonds. The molecule has 0 aliphatic heterocycles. The number of nitrogens with one attached hydrogen (secondary N) is 2. The third-order valence-electron chi connectivity index (χ3n) is 3.12. The van der Waals surface area contributed by atoms with Crippen LogP contribution in [0.15, 0.2) is 18.2 Å². The molecule has 2 N–H and O–H groups in total. The minimum absolute atomic E-state index is 0.633. The lowest BCUT2D eigenvalue weighted by Gasteiger charge is -2.23. The molecule has 96 valence electrons. The van der Waals surface area contributed by atoms with Crippen LogP contribution in [0.4, 0.5) is 11.6 Å². The molecule has 0 saturated heterocycles. The lowest BCUT2D eigenvalue weighted by Crippen LogP contribution is -2.32. The second-order valence-electron chi connectivity index (χ2n) is 4.32. The number of rotatable bonds is 7. The fourth-order valence-corrected chi connectivity index (χ4v) is 1.56. The van der Waals surface area contributed by atoms with Gasteiger partial charge in [0.1, 0.15) is 11.6 Å². The minimum Gasteiger partial charge on any atom is -0.373 e. The summed E-state index contributed by atoms with van der Waals surface area (Å²) < 4.78 is 0. The first kappa shape index (κ1) is 13.8. The van der Waals surface area contributed by atoms with E-state index >= 15 is 0 Å². The average molecular weight is 236 g/mol. The number of pyridine rings is 1. The van der Waals surface area contributed by atoms with Crippen LogP contribution < -0.4 is 10.6 Å². The average Bonchev–Trinajstić information content (AvgIpc) is 2.37. The van der Waals surface area contributed by atoms with Crippen molar-refractivity contribution in [3.8, 4) is 0 Å². The Morgan fingerprint density at radius 1 is 1.35 bits per heavy atom. The number of likely N-dealkylation sites (N-methyl/N-ethyl adjacent to an activating group) is 1. The third-order valence-corrected chi connectivity index (χ3v) is 3.12. The van der Waals surface area contributed by atoms with Crippen molar-refractivity contribution in [2.75, 3.05) is 37.8 Å². The second kappa shape index (κ2) is 7.12. The second-order valence-corrected chi connectivity index (χ2v) is 4.32. The van der Waals surface area contributed by atoms with Crippen LogP contribution in [0.5, 0.6) is 0 Å². The first-order chi connectivity index (χ1) is 8.17. The van der Waals surface area contributed by atoms with E-state index in [2.05, 4.69) is 41.4 Å². The summed E-state index contributed by atoms with van der Waals surface area (Å²) in [5.41, 5.74) is 0. The smallest absolute Gasteiger partial charge is 0.128 e. The Morgan fingerprint density at radius 2 is 2.06 bits per heavy atom. The molecule has 4 nitrogen and oxygen atoms in total. The van der Waals surface area contributed by atoms with Crippen LogP contribution in [0.2, 0.25) is 0 Å². The predicted molar refractivity (Wildman–Crippen MR) is 74.7 cm³/mol. The van der Waals surface area contributed by atoms with Crippen molar-refractivity contribution in [3.05, 3.63) is 18.2 Å². The van der Waals surface area contributed by atoms with Gasteiger partial charge in [-0.15, -0.1) is 0 Å². The molecule has 1 aromatic heterocycles. The molecule has 1 heterocycles. The lowest BCUT2D eigenvalue weighted by molar-refractivity contribution is 0.261. The van der Waals surface area contributed by atoms with Crippen molar-refractivity contribution < 1.29 is 0 Å². The number of hydrogen-bond donors (Lipinski definition) is 2. The van der Waals surface area contributed by atoms with Gasteiger partial charge >= 0.3 is 0 Å². The van der Waals surface area contributed by atoms with Gasteiger partial charge in [0.2, 0.25) is 0 Å². The van der Waals surface area contributed by atoms with Crippen molar-refractivity contribution in [3.63, 3.8) is 0 Å². The van der Waals surface area contributed by atoms with E-state index in [0.717, 1.165) is 24.7 Å². The largest absolute Gasteiger partial charge is 0.373 e. The maximum atomic E-state index is 4.41. The first-order valence-electron chi connectivity index (χ1n) is 6.26. The van der Waals surface area contributed by atoms with Crippen LogP contribution in [0.1, 0.15) is 20.3 Å². The molecule has 1 unspecified atom stereocenters. The van der Waals surface area contributed by atoms with Gasteiger partial charge in [0, 0.05) is 26.2 Å². The predicted octanol–water partition coefficient (Wildman–Crippen LogP) is 2.27. The Balaban J connectivity index is 2.35. The van der Waals surface area contributed by atoms with Crippen molar-refractivity contribution in [2.24, 2.45) is 0 Å². The molecule has 0 aliphatic carbocycles. The van der Waals surface area contributed by atoms with Gasteiger partial charge in [0.15, 0.2) is 0 Å². The molecular weight excluding hydrogens is 212 g/mol. The van der Waals surface area contributed by atoms with Crippen LogP contribution in [-0.4, -0.2) is 43.1 Å². The molecule has 0 saturated carbocycles. The molecule has 0 aliphatic rings. The number of hydrogen-bond acceptors (Lipinski definition) is 4. The summed E-state index contributed by atoms with van der Waals surface area (Å²) in [6.45, 7) is 6.41. The standard InChI is InChI=1S/C13H24N4/c1-5-11(2)17(4)10-9-15-13-8-6-7-12(14-3)16-13/h6-8,11H,5,9-10H2,1-4H3,(H2,14,15,16).